The number of carbonyl (C=O) groups is 1. The molecule has 1 saturated heterocycles. The van der Waals surface area contributed by atoms with E-state index in [1.54, 1.807) is 17.0 Å². The molecule has 0 radical (unpaired) electrons. The summed E-state index contributed by atoms with van der Waals surface area (Å²) in [5.74, 6) is -1.25. The van der Waals surface area contributed by atoms with E-state index < -0.39 is 11.6 Å². The van der Waals surface area contributed by atoms with Crippen LogP contribution >= 0.6 is 0 Å². The number of rotatable bonds is 4. The number of nitrogens with one attached hydrogen (secondary N) is 1. The molecule has 29 heavy (non-hydrogen) atoms. The Balaban J connectivity index is 1.39. The zero-order chi connectivity index (χ0) is 20.2. The lowest BCUT2D eigenvalue weighted by atomic mass is 10.2. The minimum Gasteiger partial charge on any atom is -0.368 e. The van der Waals surface area contributed by atoms with Crippen LogP contribution < -0.4 is 10.2 Å². The van der Waals surface area contributed by atoms with Gasteiger partial charge in [-0.25, -0.2) is 13.8 Å². The molecule has 5 nitrogen and oxygen atoms in total. The molecule has 1 aromatic heterocycles. The molecule has 0 unspecified atom stereocenters. The number of nitrogens with zero attached hydrogens (tertiary/aromatic N) is 3. The van der Waals surface area contributed by atoms with Crippen LogP contribution in [0.1, 0.15) is 10.4 Å². The Bertz CT molecular complexity index is 967. The summed E-state index contributed by atoms with van der Waals surface area (Å²) in [6.45, 7) is 2.76. The number of amides is 1. The third kappa shape index (κ3) is 4.18. The van der Waals surface area contributed by atoms with Crippen molar-refractivity contribution in [3.63, 3.8) is 0 Å². The van der Waals surface area contributed by atoms with Gasteiger partial charge in [-0.05, 0) is 36.4 Å². The van der Waals surface area contributed by atoms with Gasteiger partial charge in [-0.1, -0.05) is 24.3 Å². The Morgan fingerprint density at radius 2 is 1.55 bits per heavy atom. The maximum atomic E-state index is 13.7. The molecular formula is C22H20F2N4O. The van der Waals surface area contributed by atoms with E-state index in [1.165, 1.54) is 24.4 Å². The van der Waals surface area contributed by atoms with Gasteiger partial charge in [0.2, 0.25) is 0 Å². The summed E-state index contributed by atoms with van der Waals surface area (Å²) in [5, 5.41) is 2.62. The molecule has 3 aromatic rings. The van der Waals surface area contributed by atoms with Gasteiger partial charge in [-0.2, -0.15) is 0 Å². The van der Waals surface area contributed by atoms with Crippen LogP contribution in [-0.4, -0.2) is 42.0 Å². The van der Waals surface area contributed by atoms with Gasteiger partial charge >= 0.3 is 0 Å². The predicted molar refractivity (Wildman–Crippen MR) is 108 cm³/mol. The highest BCUT2D eigenvalue weighted by Crippen LogP contribution is 2.22. The van der Waals surface area contributed by atoms with E-state index in [9.17, 15) is 13.6 Å². The molecule has 2 aromatic carbocycles. The normalized spacial score (nSPS) is 14.0. The lowest BCUT2D eigenvalue weighted by Crippen LogP contribution is -2.48. The smallest absolute Gasteiger partial charge is 0.255 e. The lowest BCUT2D eigenvalue weighted by Gasteiger charge is -2.36. The molecule has 1 N–H and O–H groups in total. The fourth-order valence-corrected chi connectivity index (χ4v) is 3.33. The Morgan fingerprint density at radius 3 is 2.17 bits per heavy atom. The minimum atomic E-state index is -0.705. The van der Waals surface area contributed by atoms with E-state index in [4.69, 9.17) is 0 Å². The summed E-state index contributed by atoms with van der Waals surface area (Å²) < 4.78 is 27.5. The minimum absolute atomic E-state index is 0.103. The fraction of sp³-hybridized carbons (Fsp3) is 0.182. The van der Waals surface area contributed by atoms with E-state index in [1.807, 2.05) is 18.2 Å². The molecule has 148 valence electrons. The summed E-state index contributed by atoms with van der Waals surface area (Å²) in [7, 11) is 0. The second-order valence-electron chi connectivity index (χ2n) is 6.77. The number of hydrogen-bond acceptors (Lipinski definition) is 4. The second kappa shape index (κ2) is 8.26. The number of aromatic nitrogens is 1. The van der Waals surface area contributed by atoms with E-state index in [0.717, 1.165) is 18.8 Å². The van der Waals surface area contributed by atoms with E-state index in [0.29, 0.717) is 18.7 Å². The number of anilines is 3. The summed E-state index contributed by atoms with van der Waals surface area (Å²) in [4.78, 5) is 20.9. The maximum absolute atomic E-state index is 13.7. The number of benzene rings is 2. The number of carbonyl (C=O) groups excluding carboxylic acids is 1. The highest BCUT2D eigenvalue weighted by Gasteiger charge is 2.22. The number of para-hydroxylation sites is 2. The number of piperazine rings is 1. The zero-order valence-corrected chi connectivity index (χ0v) is 15.7. The van der Waals surface area contributed by atoms with Gasteiger partial charge in [0.15, 0.2) is 0 Å². The van der Waals surface area contributed by atoms with Gasteiger partial charge in [-0.3, -0.25) is 4.79 Å². The number of pyridine rings is 1. The number of halogens is 2. The van der Waals surface area contributed by atoms with Crippen LogP contribution in [0.4, 0.5) is 26.0 Å². The Hall–Kier alpha value is -3.48. The molecule has 0 bridgehead atoms. The van der Waals surface area contributed by atoms with E-state index >= 15 is 0 Å². The highest BCUT2D eigenvalue weighted by molar-refractivity contribution is 5.94. The molecule has 0 saturated carbocycles. The van der Waals surface area contributed by atoms with Crippen molar-refractivity contribution in [1.82, 2.24) is 9.88 Å². The van der Waals surface area contributed by atoms with Crippen LogP contribution in [0, 0.1) is 11.6 Å². The van der Waals surface area contributed by atoms with E-state index in [2.05, 4.69) is 27.3 Å². The molecule has 1 amide bonds. The largest absolute Gasteiger partial charge is 0.368 e. The first kappa shape index (κ1) is 18.9. The van der Waals surface area contributed by atoms with Crippen molar-refractivity contribution < 1.29 is 13.6 Å². The Labute approximate surface area is 167 Å². The lowest BCUT2D eigenvalue weighted by molar-refractivity contribution is 0.0746. The standard InChI is InChI=1S/C22H20F2N4O/c23-18-7-4-8-19(24)21(18)26-20-10-9-16(15-25-20)22(29)28-13-11-27(12-14-28)17-5-2-1-3-6-17/h1-10,15H,11-14H2,(H,25,26). The van der Waals surface area contributed by atoms with Crippen LogP contribution in [0.3, 0.4) is 0 Å². The predicted octanol–water partition coefficient (Wildman–Crippen LogP) is 4.07. The molecule has 4 rings (SSSR count). The highest BCUT2D eigenvalue weighted by atomic mass is 19.1. The van der Waals surface area contributed by atoms with Crippen molar-refractivity contribution in [3.8, 4) is 0 Å². The molecule has 0 spiro atoms. The van der Waals surface area contributed by atoms with Crippen LogP contribution in [0.5, 0.6) is 0 Å². The Morgan fingerprint density at radius 1 is 0.862 bits per heavy atom. The number of hydrogen-bond donors (Lipinski definition) is 1. The van der Waals surface area contributed by atoms with Crippen LogP contribution in [0.2, 0.25) is 0 Å². The molecular weight excluding hydrogens is 374 g/mol. The Kier molecular flexibility index (Phi) is 5.37. The topological polar surface area (TPSA) is 48.5 Å². The average molecular weight is 394 g/mol. The summed E-state index contributed by atoms with van der Waals surface area (Å²) in [5.41, 5.74) is 1.32. The molecule has 0 aliphatic carbocycles. The van der Waals surface area contributed by atoms with Crippen molar-refractivity contribution in [2.75, 3.05) is 36.4 Å². The van der Waals surface area contributed by atoms with Gasteiger partial charge in [0.25, 0.3) is 5.91 Å². The molecule has 0 atom stereocenters. The second-order valence-corrected chi connectivity index (χ2v) is 6.77. The first-order valence-electron chi connectivity index (χ1n) is 9.38. The summed E-state index contributed by atoms with van der Waals surface area (Å²) in [6, 6.07) is 16.9. The van der Waals surface area contributed by atoms with Gasteiger partial charge in [-0.15, -0.1) is 0 Å². The third-order valence-corrected chi connectivity index (χ3v) is 4.91. The first-order valence-corrected chi connectivity index (χ1v) is 9.38. The molecule has 1 aliphatic heterocycles. The molecule has 7 heteroatoms. The monoisotopic (exact) mass is 394 g/mol. The molecule has 1 aliphatic rings. The van der Waals surface area contributed by atoms with Gasteiger partial charge < -0.3 is 15.1 Å². The average Bonchev–Trinajstić information content (AvgIpc) is 2.77. The zero-order valence-electron chi connectivity index (χ0n) is 15.7. The van der Waals surface area contributed by atoms with Crippen LogP contribution in [-0.2, 0) is 0 Å². The van der Waals surface area contributed by atoms with Crippen LogP contribution in [0.15, 0.2) is 66.9 Å². The summed E-state index contributed by atoms with van der Waals surface area (Å²) in [6.07, 6.45) is 1.42. The van der Waals surface area contributed by atoms with Crippen molar-refractivity contribution in [3.05, 3.63) is 84.1 Å². The van der Waals surface area contributed by atoms with E-state index in [-0.39, 0.29) is 17.4 Å². The quantitative estimate of drug-likeness (QED) is 0.725. The summed E-state index contributed by atoms with van der Waals surface area (Å²) >= 11 is 0. The van der Waals surface area contributed by atoms with Crippen LogP contribution in [0.25, 0.3) is 0 Å². The van der Waals surface area contributed by atoms with Crippen molar-refractivity contribution >= 4 is 23.1 Å². The van der Waals surface area contributed by atoms with Crippen molar-refractivity contribution in [2.45, 2.75) is 0 Å². The van der Waals surface area contributed by atoms with Gasteiger partial charge in [0, 0.05) is 38.1 Å². The molecule has 2 heterocycles. The van der Waals surface area contributed by atoms with Gasteiger partial charge in [0.1, 0.15) is 23.1 Å². The first-order chi connectivity index (χ1) is 14.1. The van der Waals surface area contributed by atoms with Gasteiger partial charge in [0.05, 0.1) is 5.56 Å². The fourth-order valence-electron chi connectivity index (χ4n) is 3.33. The van der Waals surface area contributed by atoms with Crippen molar-refractivity contribution in [1.29, 1.82) is 0 Å². The van der Waals surface area contributed by atoms with Crippen molar-refractivity contribution in [2.24, 2.45) is 0 Å². The molecule has 1 fully saturated rings. The third-order valence-electron chi connectivity index (χ3n) is 4.91. The SMILES string of the molecule is O=C(c1ccc(Nc2c(F)cccc2F)nc1)N1CCN(c2ccccc2)CC1. The maximum Gasteiger partial charge on any atom is 0.255 e.